The molecule has 0 radical (unpaired) electrons. The number of rotatable bonds is 6. The van der Waals surface area contributed by atoms with E-state index in [-0.39, 0.29) is 12.0 Å². The summed E-state index contributed by atoms with van der Waals surface area (Å²) in [6, 6.07) is 3.83. The minimum atomic E-state index is -5.15. The van der Waals surface area contributed by atoms with Gasteiger partial charge in [-0.3, -0.25) is 9.36 Å². The molecule has 1 aromatic carbocycles. The minimum Gasteiger partial charge on any atom is -0.453 e. The Kier molecular flexibility index (Phi) is 9.86. The van der Waals surface area contributed by atoms with Crippen LogP contribution in [-0.2, 0) is 31.7 Å². The molecular formula is C13H21AsNO10P. The van der Waals surface area contributed by atoms with Gasteiger partial charge in [0, 0.05) is 21.1 Å². The Morgan fingerprint density at radius 1 is 1.19 bits per heavy atom. The van der Waals surface area contributed by atoms with Crippen molar-refractivity contribution >= 4 is 43.7 Å². The molecule has 4 N–H and O–H groups in total. The second-order valence-electron chi connectivity index (χ2n) is 4.64. The third-order valence-electron chi connectivity index (χ3n) is 2.62. The smallest absolute Gasteiger partial charge is 0.367 e. The van der Waals surface area contributed by atoms with Crippen molar-refractivity contribution in [1.82, 2.24) is 0 Å². The number of nitrogens with one attached hydrogen (secondary N) is 1. The fraction of sp³-hybridized carbons (Fsp3) is 0.385. The number of hydrogen-bond acceptors (Lipinski definition) is 8. The molecule has 0 aliphatic heterocycles. The Morgan fingerprint density at radius 3 is 2.12 bits per heavy atom. The molecule has 0 spiro atoms. The fourth-order valence-electron chi connectivity index (χ4n) is 1.41. The molecular weight excluding hydrogens is 436 g/mol. The SMILES string of the molecule is CC(=O)Nc1cccc([As](=O)(O)O)c1O.COP(=O)(COC(C)=O)OC. The van der Waals surface area contributed by atoms with Crippen molar-refractivity contribution in [1.29, 1.82) is 0 Å². The summed E-state index contributed by atoms with van der Waals surface area (Å²) in [7, 11) is -0.718. The number of phenols is 1. The Balaban J connectivity index is 0.000000508. The van der Waals surface area contributed by atoms with Gasteiger partial charge in [-0.25, -0.2) is 0 Å². The summed E-state index contributed by atoms with van der Waals surface area (Å²) in [5, 5.41) is 11.7. The number of benzene rings is 1. The van der Waals surface area contributed by atoms with E-state index in [0.29, 0.717) is 0 Å². The van der Waals surface area contributed by atoms with Gasteiger partial charge < -0.3 is 13.8 Å². The van der Waals surface area contributed by atoms with Crippen LogP contribution in [0.25, 0.3) is 0 Å². The molecule has 26 heavy (non-hydrogen) atoms. The molecule has 1 amide bonds. The van der Waals surface area contributed by atoms with E-state index in [2.05, 4.69) is 19.1 Å². The van der Waals surface area contributed by atoms with E-state index < -0.39 is 43.7 Å². The van der Waals surface area contributed by atoms with E-state index in [4.69, 9.17) is 8.19 Å². The predicted octanol–water partition coefficient (Wildman–Crippen LogP) is -0.0955. The first-order valence-corrected chi connectivity index (χ1v) is 12.0. The van der Waals surface area contributed by atoms with Crippen LogP contribution in [-0.4, -0.2) is 59.9 Å². The van der Waals surface area contributed by atoms with Gasteiger partial charge in [0.15, 0.2) is 6.35 Å². The van der Waals surface area contributed by atoms with Crippen LogP contribution in [0.15, 0.2) is 18.2 Å². The normalized spacial score (nSPS) is 11.2. The molecule has 1 aromatic rings. The van der Waals surface area contributed by atoms with E-state index in [0.717, 1.165) is 6.07 Å². The standard InChI is InChI=1S/C8H10AsNO5.C5H11O5P/c1-5(11)10-7-4-2-3-6(8(7)12)9(13,14)15;1-5(6)10-4-11(7,8-2)9-3/h2-4,12H,1H3,(H,10,11)(H2,13,14,15);4H2,1-3H3. The maximum atomic E-state index is 11.1. The molecule has 0 aliphatic carbocycles. The average molecular weight is 457 g/mol. The number of phenolic OH excluding ortho intramolecular Hbond substituents is 1. The summed E-state index contributed by atoms with van der Waals surface area (Å²) in [5.74, 6) is -1.53. The van der Waals surface area contributed by atoms with Crippen molar-refractivity contribution in [2.75, 3.05) is 25.9 Å². The topological polar surface area (TPSA) is 169 Å². The first-order valence-electron chi connectivity index (χ1n) is 6.86. The number of carbonyl (C=O) groups is 2. The van der Waals surface area contributed by atoms with Crippen LogP contribution in [0.5, 0.6) is 5.75 Å². The summed E-state index contributed by atoms with van der Waals surface area (Å²) in [6.45, 7) is 2.45. The van der Waals surface area contributed by atoms with E-state index in [9.17, 15) is 23.0 Å². The van der Waals surface area contributed by atoms with Gasteiger partial charge in [-0.05, 0) is 0 Å². The number of hydrogen-bond donors (Lipinski definition) is 4. The second kappa shape index (κ2) is 10.5. The van der Waals surface area contributed by atoms with Crippen molar-refractivity contribution in [3.05, 3.63) is 18.2 Å². The third-order valence-corrected chi connectivity index (χ3v) is 6.25. The van der Waals surface area contributed by atoms with E-state index in [1.165, 1.54) is 40.2 Å². The molecule has 0 aliphatic rings. The predicted molar refractivity (Wildman–Crippen MR) is 91.2 cm³/mol. The number of anilines is 1. The van der Waals surface area contributed by atoms with Gasteiger partial charge in [0.2, 0.25) is 0 Å². The third kappa shape index (κ3) is 8.66. The average Bonchev–Trinajstić information content (AvgIpc) is 2.53. The number of ether oxygens (including phenoxy) is 1. The van der Waals surface area contributed by atoms with Crippen molar-refractivity contribution in [2.24, 2.45) is 0 Å². The van der Waals surface area contributed by atoms with Gasteiger partial charge in [0.25, 0.3) is 0 Å². The van der Waals surface area contributed by atoms with Gasteiger partial charge in [-0.15, -0.1) is 0 Å². The molecule has 148 valence electrons. The van der Waals surface area contributed by atoms with Crippen LogP contribution >= 0.6 is 7.60 Å². The Hall–Kier alpha value is -1.61. The zero-order valence-electron chi connectivity index (χ0n) is 14.5. The van der Waals surface area contributed by atoms with Crippen LogP contribution in [0.2, 0.25) is 0 Å². The molecule has 1 rings (SSSR count). The van der Waals surface area contributed by atoms with Crippen LogP contribution in [0.3, 0.4) is 0 Å². The molecule has 11 nitrogen and oxygen atoms in total. The first-order chi connectivity index (χ1) is 11.9. The fourth-order valence-corrected chi connectivity index (χ4v) is 3.53. The van der Waals surface area contributed by atoms with Crippen LogP contribution < -0.4 is 9.67 Å². The van der Waals surface area contributed by atoms with E-state index in [1.807, 2.05) is 0 Å². The largest absolute Gasteiger partial charge is 0.453 e. The second-order valence-corrected chi connectivity index (χ2v) is 10.1. The molecule has 0 saturated carbocycles. The molecule has 0 saturated heterocycles. The first kappa shape index (κ1) is 24.4. The van der Waals surface area contributed by atoms with Gasteiger partial charge in [0.05, 0.1) is 0 Å². The number of carbonyl (C=O) groups excluding carboxylic acids is 2. The van der Waals surface area contributed by atoms with E-state index in [1.54, 1.807) is 0 Å². The van der Waals surface area contributed by atoms with Crippen molar-refractivity contribution < 1.29 is 45.0 Å². The van der Waals surface area contributed by atoms with E-state index >= 15 is 0 Å². The number of esters is 1. The summed E-state index contributed by atoms with van der Waals surface area (Å²) >= 11 is -5.15. The number of aromatic hydroxyl groups is 1. The maximum Gasteiger partial charge on any atom is 0.367 e. The van der Waals surface area contributed by atoms with Crippen LogP contribution in [0.1, 0.15) is 13.8 Å². The molecule has 0 unspecified atom stereocenters. The Morgan fingerprint density at radius 2 is 1.73 bits per heavy atom. The van der Waals surface area contributed by atoms with Crippen LogP contribution in [0.4, 0.5) is 5.69 Å². The Bertz CT molecular complexity index is 724. The summed E-state index contributed by atoms with van der Waals surface area (Å²) in [5.41, 5.74) is -0.00951. The Labute approximate surface area is 152 Å². The number of amides is 1. The monoisotopic (exact) mass is 457 g/mol. The molecule has 0 bridgehead atoms. The molecule has 0 fully saturated rings. The summed E-state index contributed by atoms with van der Waals surface area (Å²) in [6.07, 6.45) is -0.338. The number of para-hydroxylation sites is 1. The molecule has 0 heterocycles. The quantitative estimate of drug-likeness (QED) is 0.196. The van der Waals surface area contributed by atoms with Crippen molar-refractivity contribution in [2.45, 2.75) is 13.8 Å². The van der Waals surface area contributed by atoms with Gasteiger partial charge in [-0.1, -0.05) is 0 Å². The summed E-state index contributed by atoms with van der Waals surface area (Å²) < 4.78 is 52.9. The molecule has 0 atom stereocenters. The molecule has 0 aromatic heterocycles. The van der Waals surface area contributed by atoms with Crippen LogP contribution in [0, 0.1) is 0 Å². The minimum absolute atomic E-state index is 0.00951. The summed E-state index contributed by atoms with van der Waals surface area (Å²) in [4.78, 5) is 21.0. The van der Waals surface area contributed by atoms with Gasteiger partial charge in [-0.2, -0.15) is 0 Å². The van der Waals surface area contributed by atoms with Gasteiger partial charge >= 0.3 is 102 Å². The van der Waals surface area contributed by atoms with Crippen molar-refractivity contribution in [3.63, 3.8) is 0 Å². The maximum absolute atomic E-state index is 11.1. The molecule has 13 heteroatoms. The van der Waals surface area contributed by atoms with Crippen molar-refractivity contribution in [3.8, 4) is 5.75 Å². The van der Waals surface area contributed by atoms with Gasteiger partial charge in [0.1, 0.15) is 0 Å². The zero-order valence-corrected chi connectivity index (χ0v) is 17.3. The zero-order chi connectivity index (χ0) is 20.5.